The van der Waals surface area contributed by atoms with Gasteiger partial charge >= 0.3 is 6.03 Å². The number of benzene rings is 1. The van der Waals surface area contributed by atoms with Gasteiger partial charge in [-0.2, -0.15) is 0 Å². The zero-order valence-corrected chi connectivity index (χ0v) is 13.0. The van der Waals surface area contributed by atoms with Crippen molar-refractivity contribution in [2.24, 2.45) is 0 Å². The van der Waals surface area contributed by atoms with Crippen molar-refractivity contribution in [2.45, 2.75) is 13.5 Å². The fourth-order valence-electron chi connectivity index (χ4n) is 2.68. The number of hydrogen-bond donors (Lipinski definition) is 2. The maximum absolute atomic E-state index is 13.4. The minimum Gasteiger partial charge on any atom is -0.396 e. The lowest BCUT2D eigenvalue weighted by Gasteiger charge is -2.36. The first kappa shape index (κ1) is 15.1. The van der Waals surface area contributed by atoms with Crippen LogP contribution in [0, 0.1) is 5.82 Å². The van der Waals surface area contributed by atoms with Gasteiger partial charge in [0.25, 0.3) is 0 Å². The molecule has 1 aromatic heterocycles. The Morgan fingerprint density at radius 1 is 1.39 bits per heavy atom. The number of fused-ring (bicyclic) bond motifs is 1. The van der Waals surface area contributed by atoms with E-state index in [0.29, 0.717) is 24.6 Å². The van der Waals surface area contributed by atoms with E-state index in [4.69, 9.17) is 5.73 Å². The highest BCUT2D eigenvalue weighted by Gasteiger charge is 2.31. The van der Waals surface area contributed by atoms with Crippen molar-refractivity contribution in [1.29, 1.82) is 0 Å². The fourth-order valence-corrected chi connectivity index (χ4v) is 2.68. The number of halogens is 1. The molecule has 3 N–H and O–H groups in total. The Morgan fingerprint density at radius 3 is 2.83 bits per heavy atom. The summed E-state index contributed by atoms with van der Waals surface area (Å²) in [4.78, 5) is 20.3. The van der Waals surface area contributed by atoms with Crippen molar-refractivity contribution in [1.82, 2.24) is 4.98 Å². The fraction of sp³-hybridized carbons (Fsp3) is 0.250. The van der Waals surface area contributed by atoms with Gasteiger partial charge in [0.05, 0.1) is 17.9 Å². The van der Waals surface area contributed by atoms with Gasteiger partial charge in [0.2, 0.25) is 0 Å². The highest BCUT2D eigenvalue weighted by Crippen LogP contribution is 2.33. The SMILES string of the molecule is CCN1C(=O)N(c2ccc(F)c(N)c2)Cc2cnc(NC)cc21. The Hall–Kier alpha value is -2.83. The van der Waals surface area contributed by atoms with Crippen LogP contribution in [0.3, 0.4) is 0 Å². The minimum absolute atomic E-state index is 0.0211. The summed E-state index contributed by atoms with van der Waals surface area (Å²) in [6, 6.07) is 5.98. The van der Waals surface area contributed by atoms with Gasteiger partial charge in [-0.1, -0.05) is 0 Å². The molecule has 0 saturated carbocycles. The van der Waals surface area contributed by atoms with E-state index in [1.165, 1.54) is 12.1 Å². The Labute approximate surface area is 133 Å². The van der Waals surface area contributed by atoms with Gasteiger partial charge in [0.1, 0.15) is 11.6 Å². The molecule has 0 aliphatic carbocycles. The van der Waals surface area contributed by atoms with Crippen LogP contribution in [0.4, 0.5) is 32.1 Å². The molecule has 3 rings (SSSR count). The number of nitrogens with two attached hydrogens (primary N) is 1. The van der Waals surface area contributed by atoms with Crippen LogP contribution in [0.5, 0.6) is 0 Å². The normalized spacial score (nSPS) is 14.0. The molecule has 23 heavy (non-hydrogen) atoms. The largest absolute Gasteiger partial charge is 0.396 e. The first-order valence-electron chi connectivity index (χ1n) is 7.36. The van der Waals surface area contributed by atoms with Crippen LogP contribution in [0.25, 0.3) is 0 Å². The molecule has 6 nitrogen and oxygen atoms in total. The van der Waals surface area contributed by atoms with Gasteiger partial charge in [0.15, 0.2) is 0 Å². The molecule has 1 aliphatic rings. The lowest BCUT2D eigenvalue weighted by molar-refractivity contribution is 0.250. The molecule has 0 spiro atoms. The summed E-state index contributed by atoms with van der Waals surface area (Å²) in [5, 5.41) is 2.97. The van der Waals surface area contributed by atoms with Gasteiger partial charge in [-0.05, 0) is 25.1 Å². The van der Waals surface area contributed by atoms with E-state index in [-0.39, 0.29) is 11.7 Å². The molecule has 0 saturated heterocycles. The highest BCUT2D eigenvalue weighted by molar-refractivity contribution is 6.06. The van der Waals surface area contributed by atoms with Gasteiger partial charge in [-0.25, -0.2) is 14.2 Å². The van der Waals surface area contributed by atoms with E-state index in [2.05, 4.69) is 10.3 Å². The average Bonchev–Trinajstić information content (AvgIpc) is 2.56. The Morgan fingerprint density at radius 2 is 2.17 bits per heavy atom. The number of nitrogen functional groups attached to an aromatic ring is 1. The Kier molecular flexibility index (Phi) is 3.77. The molecular weight excluding hydrogens is 297 g/mol. The molecule has 0 bridgehead atoms. The number of amides is 2. The molecule has 0 atom stereocenters. The third-order valence-corrected chi connectivity index (χ3v) is 3.91. The number of nitrogens with one attached hydrogen (secondary N) is 1. The second-order valence-corrected chi connectivity index (χ2v) is 5.27. The van der Waals surface area contributed by atoms with Crippen molar-refractivity contribution >= 4 is 28.9 Å². The first-order valence-corrected chi connectivity index (χ1v) is 7.36. The number of aromatic nitrogens is 1. The lowest BCUT2D eigenvalue weighted by Crippen LogP contribution is -2.47. The predicted octanol–water partition coefficient (Wildman–Crippen LogP) is 2.81. The van der Waals surface area contributed by atoms with Crippen molar-refractivity contribution in [3.63, 3.8) is 0 Å². The van der Waals surface area contributed by atoms with E-state index in [1.807, 2.05) is 13.0 Å². The number of urea groups is 1. The lowest BCUT2D eigenvalue weighted by atomic mass is 10.1. The second-order valence-electron chi connectivity index (χ2n) is 5.27. The van der Waals surface area contributed by atoms with Crippen molar-refractivity contribution in [3.05, 3.63) is 41.8 Å². The van der Waals surface area contributed by atoms with E-state index < -0.39 is 5.82 Å². The van der Waals surface area contributed by atoms with Crippen molar-refractivity contribution in [3.8, 4) is 0 Å². The van der Waals surface area contributed by atoms with Crippen LogP contribution in [-0.2, 0) is 6.54 Å². The van der Waals surface area contributed by atoms with E-state index in [1.54, 1.807) is 29.1 Å². The van der Waals surface area contributed by atoms with E-state index >= 15 is 0 Å². The van der Waals surface area contributed by atoms with Crippen LogP contribution in [0.2, 0.25) is 0 Å². The third-order valence-electron chi connectivity index (χ3n) is 3.91. The molecule has 1 aliphatic heterocycles. The number of anilines is 4. The Balaban J connectivity index is 2.04. The summed E-state index contributed by atoms with van der Waals surface area (Å²) >= 11 is 0. The third kappa shape index (κ3) is 2.54. The van der Waals surface area contributed by atoms with E-state index in [9.17, 15) is 9.18 Å². The summed E-state index contributed by atoms with van der Waals surface area (Å²) in [5.41, 5.74) is 7.97. The van der Waals surface area contributed by atoms with Gasteiger partial charge < -0.3 is 11.1 Å². The highest BCUT2D eigenvalue weighted by atomic mass is 19.1. The monoisotopic (exact) mass is 315 g/mol. The molecule has 7 heteroatoms. The number of pyridine rings is 1. The first-order chi connectivity index (χ1) is 11.0. The van der Waals surface area contributed by atoms with Gasteiger partial charge in [-0.15, -0.1) is 0 Å². The maximum Gasteiger partial charge on any atom is 0.329 e. The van der Waals surface area contributed by atoms with Crippen LogP contribution in [0.15, 0.2) is 30.5 Å². The Bertz CT molecular complexity index is 764. The van der Waals surface area contributed by atoms with Gasteiger partial charge in [-0.3, -0.25) is 9.80 Å². The van der Waals surface area contributed by atoms with E-state index in [0.717, 1.165) is 11.3 Å². The van der Waals surface area contributed by atoms with Crippen LogP contribution >= 0.6 is 0 Å². The molecular formula is C16H18FN5O. The summed E-state index contributed by atoms with van der Waals surface area (Å²) in [6.45, 7) is 2.79. The number of carbonyl (C=O) groups excluding carboxylic acids is 1. The summed E-state index contributed by atoms with van der Waals surface area (Å²) in [6.07, 6.45) is 1.75. The number of carbonyl (C=O) groups is 1. The zero-order chi connectivity index (χ0) is 16.6. The van der Waals surface area contributed by atoms with Crippen molar-refractivity contribution < 1.29 is 9.18 Å². The molecule has 120 valence electrons. The van der Waals surface area contributed by atoms with Crippen molar-refractivity contribution in [2.75, 3.05) is 34.4 Å². The van der Waals surface area contributed by atoms with Gasteiger partial charge in [0, 0.05) is 37.1 Å². The number of hydrogen-bond acceptors (Lipinski definition) is 4. The van der Waals surface area contributed by atoms with Crippen LogP contribution in [-0.4, -0.2) is 24.6 Å². The predicted molar refractivity (Wildman–Crippen MR) is 89.2 cm³/mol. The van der Waals surface area contributed by atoms with Crippen LogP contribution in [0.1, 0.15) is 12.5 Å². The second kappa shape index (κ2) is 5.75. The smallest absolute Gasteiger partial charge is 0.329 e. The molecule has 2 heterocycles. The quantitative estimate of drug-likeness (QED) is 0.854. The average molecular weight is 315 g/mol. The summed E-state index contributed by atoms with van der Waals surface area (Å²) in [5.74, 6) is 0.209. The standard InChI is InChI=1S/C16H18FN5O/c1-3-21-14-7-15(19-2)20-8-10(14)9-22(16(21)23)11-4-5-12(17)13(18)6-11/h4-8H,3,9,18H2,1-2H3,(H,19,20). The zero-order valence-electron chi connectivity index (χ0n) is 13.0. The molecule has 2 amide bonds. The minimum atomic E-state index is -0.494. The molecule has 0 unspecified atom stereocenters. The molecule has 0 radical (unpaired) electrons. The molecule has 0 fully saturated rings. The number of nitrogens with zero attached hydrogens (tertiary/aromatic N) is 3. The maximum atomic E-state index is 13.4. The molecule has 1 aromatic carbocycles. The number of rotatable bonds is 3. The van der Waals surface area contributed by atoms with Crippen LogP contribution < -0.4 is 20.9 Å². The molecule has 2 aromatic rings. The summed E-state index contributed by atoms with van der Waals surface area (Å²) < 4.78 is 13.4. The topological polar surface area (TPSA) is 74.5 Å². The summed E-state index contributed by atoms with van der Waals surface area (Å²) in [7, 11) is 1.78.